The normalized spacial score (nSPS) is 25.9. The van der Waals surface area contributed by atoms with Crippen LogP contribution in [0.5, 0.6) is 0 Å². The topological polar surface area (TPSA) is 50.2 Å². The van der Waals surface area contributed by atoms with E-state index in [4.69, 9.17) is 0 Å². The van der Waals surface area contributed by atoms with E-state index in [-0.39, 0.29) is 0 Å². The molecule has 0 radical (unpaired) electrons. The number of hydrogen-bond donors (Lipinski definition) is 1. The summed E-state index contributed by atoms with van der Waals surface area (Å²) in [5, 5.41) is 10.9. The van der Waals surface area contributed by atoms with Gasteiger partial charge in [0.2, 0.25) is 0 Å². The molecule has 0 saturated heterocycles. The Morgan fingerprint density at radius 3 is 2.90 bits per heavy atom. The van der Waals surface area contributed by atoms with Crippen molar-refractivity contribution in [2.45, 2.75) is 39.0 Å². The largest absolute Gasteiger partial charge is 0.481 e. The zero-order valence-electron chi connectivity index (χ0n) is 12.4. The predicted molar refractivity (Wildman–Crippen MR) is 83.1 cm³/mol. The lowest BCUT2D eigenvalue weighted by atomic mass is 9.67. The zero-order chi connectivity index (χ0) is 14.9. The Kier molecular flexibility index (Phi) is 3.66. The van der Waals surface area contributed by atoms with Crippen molar-refractivity contribution in [3.8, 4) is 0 Å². The fourth-order valence-electron chi connectivity index (χ4n) is 3.64. The van der Waals surface area contributed by atoms with Gasteiger partial charge >= 0.3 is 5.97 Å². The average Bonchev–Trinajstić information content (AvgIpc) is 2.47. The summed E-state index contributed by atoms with van der Waals surface area (Å²) in [4.78, 5) is 16.5. The highest BCUT2D eigenvalue weighted by atomic mass is 16.4. The molecule has 21 heavy (non-hydrogen) atoms. The summed E-state index contributed by atoms with van der Waals surface area (Å²) in [6, 6.07) is 12.0. The molecule has 1 aromatic carbocycles. The monoisotopic (exact) mass is 283 g/mol. The molecular weight excluding hydrogens is 262 g/mol. The maximum absolute atomic E-state index is 11.9. The van der Waals surface area contributed by atoms with Gasteiger partial charge in [0.05, 0.1) is 10.9 Å². The van der Waals surface area contributed by atoms with Crippen LogP contribution in [0, 0.1) is 11.3 Å². The number of carboxylic acid groups (broad SMARTS) is 1. The summed E-state index contributed by atoms with van der Waals surface area (Å²) in [7, 11) is 0. The van der Waals surface area contributed by atoms with Gasteiger partial charge in [0, 0.05) is 17.5 Å². The number of carbonyl (C=O) groups is 1. The molecule has 1 fully saturated rings. The SMILES string of the molecule is CC1CCCC(Cc2ccc3ccccc3n2)(C(=O)O)C1. The molecule has 3 rings (SSSR count). The first-order chi connectivity index (χ1) is 10.1. The number of aromatic nitrogens is 1. The van der Waals surface area contributed by atoms with Gasteiger partial charge in [0.15, 0.2) is 0 Å². The lowest BCUT2D eigenvalue weighted by Gasteiger charge is -2.36. The van der Waals surface area contributed by atoms with Gasteiger partial charge in [-0.2, -0.15) is 0 Å². The first kappa shape index (κ1) is 14.1. The van der Waals surface area contributed by atoms with E-state index in [0.717, 1.165) is 42.3 Å². The van der Waals surface area contributed by atoms with Gasteiger partial charge in [-0.05, 0) is 30.9 Å². The smallest absolute Gasteiger partial charge is 0.310 e. The molecule has 2 unspecified atom stereocenters. The van der Waals surface area contributed by atoms with Crippen LogP contribution in [-0.4, -0.2) is 16.1 Å². The number of hydrogen-bond acceptors (Lipinski definition) is 2. The van der Waals surface area contributed by atoms with Crippen LogP contribution in [0.1, 0.15) is 38.3 Å². The van der Waals surface area contributed by atoms with E-state index >= 15 is 0 Å². The Morgan fingerprint density at radius 2 is 2.14 bits per heavy atom. The molecule has 110 valence electrons. The van der Waals surface area contributed by atoms with E-state index < -0.39 is 11.4 Å². The highest BCUT2D eigenvalue weighted by Gasteiger charge is 2.42. The minimum Gasteiger partial charge on any atom is -0.481 e. The van der Waals surface area contributed by atoms with E-state index in [1.165, 1.54) is 0 Å². The minimum atomic E-state index is -0.663. The third-order valence-corrected chi connectivity index (χ3v) is 4.72. The fourth-order valence-corrected chi connectivity index (χ4v) is 3.64. The summed E-state index contributed by atoms with van der Waals surface area (Å²) in [5.74, 6) is -0.181. The van der Waals surface area contributed by atoms with Crippen LogP contribution in [0.25, 0.3) is 10.9 Å². The highest BCUT2D eigenvalue weighted by molar-refractivity contribution is 5.79. The lowest BCUT2D eigenvalue weighted by molar-refractivity contribution is -0.152. The second kappa shape index (κ2) is 5.47. The van der Waals surface area contributed by atoms with Crippen molar-refractivity contribution in [1.82, 2.24) is 4.98 Å². The van der Waals surface area contributed by atoms with Crippen LogP contribution in [0.4, 0.5) is 0 Å². The van der Waals surface area contributed by atoms with Gasteiger partial charge in [-0.3, -0.25) is 9.78 Å². The minimum absolute atomic E-state index is 0.482. The van der Waals surface area contributed by atoms with Gasteiger partial charge in [-0.1, -0.05) is 44.0 Å². The molecule has 1 aromatic heterocycles. The third-order valence-electron chi connectivity index (χ3n) is 4.72. The van der Waals surface area contributed by atoms with E-state index in [2.05, 4.69) is 11.9 Å². The Hall–Kier alpha value is -1.90. The molecule has 3 heteroatoms. The van der Waals surface area contributed by atoms with Crippen molar-refractivity contribution >= 4 is 16.9 Å². The molecule has 2 aromatic rings. The Labute approximate surface area is 125 Å². The number of fused-ring (bicyclic) bond motifs is 1. The van der Waals surface area contributed by atoms with Gasteiger partial charge in [0.25, 0.3) is 0 Å². The summed E-state index contributed by atoms with van der Waals surface area (Å²) in [6.45, 7) is 2.16. The van der Waals surface area contributed by atoms with Crippen LogP contribution in [0.3, 0.4) is 0 Å². The number of aliphatic carboxylic acids is 1. The molecule has 1 saturated carbocycles. The van der Waals surface area contributed by atoms with Crippen molar-refractivity contribution in [2.24, 2.45) is 11.3 Å². The van der Waals surface area contributed by atoms with Gasteiger partial charge < -0.3 is 5.11 Å². The number of pyridine rings is 1. The molecule has 1 heterocycles. The summed E-state index contributed by atoms with van der Waals surface area (Å²) >= 11 is 0. The van der Waals surface area contributed by atoms with Crippen molar-refractivity contribution in [1.29, 1.82) is 0 Å². The quantitative estimate of drug-likeness (QED) is 0.924. The molecule has 1 aliphatic carbocycles. The second-order valence-corrected chi connectivity index (χ2v) is 6.46. The zero-order valence-corrected chi connectivity index (χ0v) is 12.4. The van der Waals surface area contributed by atoms with Crippen LogP contribution in [0.15, 0.2) is 36.4 Å². The summed E-state index contributed by atoms with van der Waals surface area (Å²) < 4.78 is 0. The highest BCUT2D eigenvalue weighted by Crippen LogP contribution is 2.42. The number of carboxylic acids is 1. The molecule has 3 nitrogen and oxygen atoms in total. The number of para-hydroxylation sites is 1. The van der Waals surface area contributed by atoms with Crippen molar-refractivity contribution in [3.63, 3.8) is 0 Å². The van der Waals surface area contributed by atoms with E-state index in [0.29, 0.717) is 12.3 Å². The molecule has 0 spiro atoms. The van der Waals surface area contributed by atoms with Crippen molar-refractivity contribution in [3.05, 3.63) is 42.1 Å². The van der Waals surface area contributed by atoms with E-state index in [1.807, 2.05) is 36.4 Å². The molecule has 0 amide bonds. The summed E-state index contributed by atoms with van der Waals surface area (Å²) in [6.07, 6.45) is 4.21. The fraction of sp³-hybridized carbons (Fsp3) is 0.444. The maximum atomic E-state index is 11.9. The molecule has 0 bridgehead atoms. The molecule has 1 N–H and O–H groups in total. The summed E-state index contributed by atoms with van der Waals surface area (Å²) in [5.41, 5.74) is 1.21. The molecule has 2 atom stereocenters. The lowest BCUT2D eigenvalue weighted by Crippen LogP contribution is -2.38. The van der Waals surface area contributed by atoms with E-state index in [9.17, 15) is 9.90 Å². The molecular formula is C18H21NO2. The second-order valence-electron chi connectivity index (χ2n) is 6.46. The van der Waals surface area contributed by atoms with Crippen LogP contribution in [0.2, 0.25) is 0 Å². The molecule has 1 aliphatic rings. The third kappa shape index (κ3) is 2.78. The van der Waals surface area contributed by atoms with Crippen LogP contribution < -0.4 is 0 Å². The predicted octanol–water partition coefficient (Wildman–Crippen LogP) is 4.06. The van der Waals surface area contributed by atoms with Gasteiger partial charge in [-0.25, -0.2) is 0 Å². The first-order valence-corrected chi connectivity index (χ1v) is 7.67. The first-order valence-electron chi connectivity index (χ1n) is 7.67. The Bertz CT molecular complexity index is 667. The van der Waals surface area contributed by atoms with Gasteiger partial charge in [0.1, 0.15) is 0 Å². The van der Waals surface area contributed by atoms with Crippen molar-refractivity contribution in [2.75, 3.05) is 0 Å². The van der Waals surface area contributed by atoms with Crippen LogP contribution in [-0.2, 0) is 11.2 Å². The van der Waals surface area contributed by atoms with Crippen LogP contribution >= 0.6 is 0 Å². The Morgan fingerprint density at radius 1 is 1.33 bits per heavy atom. The standard InChI is InChI=1S/C18H21NO2/c1-13-5-4-10-18(11-13,17(20)21)12-15-9-8-14-6-2-3-7-16(14)19-15/h2-3,6-9,13H,4-5,10-12H2,1H3,(H,20,21). The number of nitrogens with zero attached hydrogens (tertiary/aromatic N) is 1. The average molecular weight is 283 g/mol. The number of rotatable bonds is 3. The van der Waals surface area contributed by atoms with E-state index in [1.54, 1.807) is 0 Å². The van der Waals surface area contributed by atoms with Crippen molar-refractivity contribution < 1.29 is 9.90 Å². The maximum Gasteiger partial charge on any atom is 0.310 e. The Balaban J connectivity index is 1.92. The molecule has 0 aliphatic heterocycles. The van der Waals surface area contributed by atoms with Gasteiger partial charge in [-0.15, -0.1) is 0 Å². The number of benzene rings is 1.